The molecular weight excluding hydrogens is 449 g/mol. The Bertz CT molecular complexity index is 1140. The Hall–Kier alpha value is -4.04. The number of aryl methyl sites for hydroxylation is 1. The predicted octanol–water partition coefficient (Wildman–Crippen LogP) is 3.43. The van der Waals surface area contributed by atoms with Crippen molar-refractivity contribution < 1.29 is 23.5 Å². The van der Waals surface area contributed by atoms with Crippen molar-refractivity contribution in [2.24, 2.45) is 0 Å². The SMILES string of the molecule is Cc1cccc(NC(=O)CNC(=O)CN(Cc2ccc(F)cc2)C(=O)COCc2ccccc2)c1. The number of hydrogen-bond acceptors (Lipinski definition) is 4. The van der Waals surface area contributed by atoms with Crippen molar-refractivity contribution in [1.29, 1.82) is 0 Å². The lowest BCUT2D eigenvalue weighted by Crippen LogP contribution is -2.43. The fraction of sp³-hybridized carbons (Fsp3) is 0.222. The molecule has 0 spiro atoms. The van der Waals surface area contributed by atoms with E-state index in [2.05, 4.69) is 10.6 Å². The molecule has 0 saturated heterocycles. The van der Waals surface area contributed by atoms with Gasteiger partial charge in [-0.15, -0.1) is 0 Å². The first-order valence-electron chi connectivity index (χ1n) is 11.2. The Balaban J connectivity index is 1.54. The first kappa shape index (κ1) is 25.6. The van der Waals surface area contributed by atoms with Crippen LogP contribution in [0.5, 0.6) is 0 Å². The second-order valence-electron chi connectivity index (χ2n) is 8.05. The summed E-state index contributed by atoms with van der Waals surface area (Å²) in [6, 6.07) is 22.4. The number of nitrogens with one attached hydrogen (secondary N) is 2. The lowest BCUT2D eigenvalue weighted by Gasteiger charge is -2.22. The molecule has 3 amide bonds. The van der Waals surface area contributed by atoms with E-state index in [-0.39, 0.29) is 38.8 Å². The van der Waals surface area contributed by atoms with E-state index in [1.807, 2.05) is 55.5 Å². The number of carbonyl (C=O) groups is 3. The number of rotatable bonds is 11. The standard InChI is InChI=1S/C27H28FN3O4/c1-20-6-5-9-24(14-20)30-25(32)15-29-26(33)17-31(16-21-10-12-23(28)13-11-21)27(34)19-35-18-22-7-3-2-4-8-22/h2-14H,15-19H2,1H3,(H,29,33)(H,30,32). The monoisotopic (exact) mass is 477 g/mol. The fourth-order valence-corrected chi connectivity index (χ4v) is 3.30. The molecule has 8 heteroatoms. The maximum Gasteiger partial charge on any atom is 0.249 e. The lowest BCUT2D eigenvalue weighted by atomic mass is 10.2. The molecule has 0 heterocycles. The minimum Gasteiger partial charge on any atom is -0.367 e. The Morgan fingerprint density at radius 1 is 0.886 bits per heavy atom. The molecule has 0 unspecified atom stereocenters. The molecule has 0 bridgehead atoms. The average Bonchev–Trinajstić information content (AvgIpc) is 2.84. The zero-order valence-electron chi connectivity index (χ0n) is 19.5. The van der Waals surface area contributed by atoms with Gasteiger partial charge in [0.1, 0.15) is 12.4 Å². The van der Waals surface area contributed by atoms with Gasteiger partial charge in [0.25, 0.3) is 0 Å². The second-order valence-corrected chi connectivity index (χ2v) is 8.05. The van der Waals surface area contributed by atoms with Gasteiger partial charge in [0.2, 0.25) is 17.7 Å². The van der Waals surface area contributed by atoms with Crippen molar-refractivity contribution in [2.75, 3.05) is 25.0 Å². The van der Waals surface area contributed by atoms with Crippen molar-refractivity contribution in [3.63, 3.8) is 0 Å². The second kappa shape index (κ2) is 13.0. The van der Waals surface area contributed by atoms with Crippen molar-refractivity contribution >= 4 is 23.4 Å². The van der Waals surface area contributed by atoms with Crippen LogP contribution in [0.25, 0.3) is 0 Å². The minimum atomic E-state index is -0.497. The summed E-state index contributed by atoms with van der Waals surface area (Å²) in [7, 11) is 0. The van der Waals surface area contributed by atoms with E-state index in [0.29, 0.717) is 11.3 Å². The number of ether oxygens (including phenoxy) is 1. The molecule has 0 radical (unpaired) electrons. The van der Waals surface area contributed by atoms with Gasteiger partial charge in [0.05, 0.1) is 19.7 Å². The maximum atomic E-state index is 13.3. The smallest absolute Gasteiger partial charge is 0.249 e. The predicted molar refractivity (Wildman–Crippen MR) is 131 cm³/mol. The number of halogens is 1. The molecule has 0 fully saturated rings. The highest BCUT2D eigenvalue weighted by atomic mass is 19.1. The topological polar surface area (TPSA) is 87.7 Å². The van der Waals surface area contributed by atoms with Crippen molar-refractivity contribution in [3.8, 4) is 0 Å². The Morgan fingerprint density at radius 3 is 2.34 bits per heavy atom. The molecule has 0 atom stereocenters. The quantitative estimate of drug-likeness (QED) is 0.443. The molecule has 2 N–H and O–H groups in total. The summed E-state index contributed by atoms with van der Waals surface area (Å²) in [5.74, 6) is -1.67. The molecule has 3 aromatic carbocycles. The number of nitrogens with zero attached hydrogens (tertiary/aromatic N) is 1. The normalized spacial score (nSPS) is 10.5. The number of hydrogen-bond donors (Lipinski definition) is 2. The van der Waals surface area contributed by atoms with Crippen molar-refractivity contribution in [1.82, 2.24) is 10.2 Å². The number of anilines is 1. The van der Waals surface area contributed by atoms with E-state index in [1.165, 1.54) is 17.0 Å². The number of carbonyl (C=O) groups excluding carboxylic acids is 3. The zero-order chi connectivity index (χ0) is 25.0. The van der Waals surface area contributed by atoms with E-state index in [9.17, 15) is 18.8 Å². The average molecular weight is 478 g/mol. The van der Waals surface area contributed by atoms with Crippen molar-refractivity contribution in [2.45, 2.75) is 20.1 Å². The Kier molecular flexibility index (Phi) is 9.50. The molecular formula is C27H28FN3O4. The van der Waals surface area contributed by atoms with Crippen LogP contribution in [0.2, 0.25) is 0 Å². The first-order valence-corrected chi connectivity index (χ1v) is 11.2. The van der Waals surface area contributed by atoms with E-state index >= 15 is 0 Å². The van der Waals surface area contributed by atoms with Crippen LogP contribution in [0.4, 0.5) is 10.1 Å². The Morgan fingerprint density at radius 2 is 1.63 bits per heavy atom. The summed E-state index contributed by atoms with van der Waals surface area (Å²) in [4.78, 5) is 38.8. The van der Waals surface area contributed by atoms with E-state index in [4.69, 9.17) is 4.74 Å². The molecule has 0 aliphatic carbocycles. The van der Waals surface area contributed by atoms with Gasteiger partial charge in [-0.2, -0.15) is 0 Å². The van der Waals surface area contributed by atoms with Crippen LogP contribution in [0.15, 0.2) is 78.9 Å². The minimum absolute atomic E-state index is 0.0940. The van der Waals surface area contributed by atoms with Gasteiger partial charge in [-0.1, -0.05) is 54.6 Å². The van der Waals surface area contributed by atoms with Crippen LogP contribution in [-0.2, 0) is 32.3 Å². The fourth-order valence-electron chi connectivity index (χ4n) is 3.30. The largest absolute Gasteiger partial charge is 0.367 e. The molecule has 0 aliphatic rings. The molecule has 3 rings (SSSR count). The van der Waals surface area contributed by atoms with Crippen LogP contribution >= 0.6 is 0 Å². The molecule has 0 aromatic heterocycles. The van der Waals surface area contributed by atoms with Gasteiger partial charge in [-0.25, -0.2) is 4.39 Å². The van der Waals surface area contributed by atoms with Crippen LogP contribution in [0, 0.1) is 12.7 Å². The van der Waals surface area contributed by atoms with Gasteiger partial charge < -0.3 is 20.3 Å². The Labute approximate surface area is 203 Å². The summed E-state index contributed by atoms with van der Waals surface area (Å²) >= 11 is 0. The van der Waals surface area contributed by atoms with Gasteiger partial charge >= 0.3 is 0 Å². The molecule has 35 heavy (non-hydrogen) atoms. The molecule has 182 valence electrons. The third-order valence-corrected chi connectivity index (χ3v) is 5.06. The highest BCUT2D eigenvalue weighted by Crippen LogP contribution is 2.10. The van der Waals surface area contributed by atoms with Crippen LogP contribution in [-0.4, -0.2) is 42.3 Å². The highest BCUT2D eigenvalue weighted by molar-refractivity contribution is 5.95. The number of amides is 3. The van der Waals surface area contributed by atoms with Gasteiger partial charge in [0.15, 0.2) is 0 Å². The van der Waals surface area contributed by atoms with Crippen LogP contribution < -0.4 is 10.6 Å². The third-order valence-electron chi connectivity index (χ3n) is 5.06. The van der Waals surface area contributed by atoms with Crippen LogP contribution in [0.3, 0.4) is 0 Å². The summed E-state index contributed by atoms with van der Waals surface area (Å²) in [6.45, 7) is 1.52. The highest BCUT2D eigenvalue weighted by Gasteiger charge is 2.18. The summed E-state index contributed by atoms with van der Waals surface area (Å²) < 4.78 is 18.8. The summed E-state index contributed by atoms with van der Waals surface area (Å²) in [6.07, 6.45) is 0. The van der Waals surface area contributed by atoms with Crippen LogP contribution in [0.1, 0.15) is 16.7 Å². The zero-order valence-corrected chi connectivity index (χ0v) is 19.5. The molecule has 0 saturated carbocycles. The van der Waals surface area contributed by atoms with E-state index in [0.717, 1.165) is 11.1 Å². The maximum absolute atomic E-state index is 13.3. The molecule has 3 aromatic rings. The van der Waals surface area contributed by atoms with Gasteiger partial charge in [-0.3, -0.25) is 14.4 Å². The molecule has 7 nitrogen and oxygen atoms in total. The lowest BCUT2D eigenvalue weighted by molar-refractivity contribution is -0.141. The van der Waals surface area contributed by atoms with Gasteiger partial charge in [0, 0.05) is 12.2 Å². The summed E-state index contributed by atoms with van der Waals surface area (Å²) in [5.41, 5.74) is 3.21. The van der Waals surface area contributed by atoms with E-state index < -0.39 is 17.6 Å². The van der Waals surface area contributed by atoms with E-state index in [1.54, 1.807) is 18.2 Å². The molecule has 0 aliphatic heterocycles. The third kappa shape index (κ3) is 9.02. The van der Waals surface area contributed by atoms with Crippen molar-refractivity contribution in [3.05, 3.63) is 101 Å². The first-order chi connectivity index (χ1) is 16.9. The number of benzene rings is 3. The summed E-state index contributed by atoms with van der Waals surface area (Å²) in [5, 5.41) is 5.25. The van der Waals surface area contributed by atoms with Gasteiger partial charge in [-0.05, 0) is 47.9 Å².